The van der Waals surface area contributed by atoms with Crippen molar-refractivity contribution in [2.75, 3.05) is 5.73 Å². The van der Waals surface area contributed by atoms with Crippen molar-refractivity contribution in [1.29, 1.82) is 0 Å². The van der Waals surface area contributed by atoms with E-state index < -0.39 is 0 Å². The number of nitrogen functional groups attached to an aromatic ring is 1. The van der Waals surface area contributed by atoms with Crippen LogP contribution in [0.3, 0.4) is 0 Å². The Balaban J connectivity index is 2.56. The number of nitrogens with two attached hydrogens (primary N) is 1. The van der Waals surface area contributed by atoms with Crippen LogP contribution < -0.4 is 5.73 Å². The van der Waals surface area contributed by atoms with Gasteiger partial charge >= 0.3 is 0 Å². The maximum atomic E-state index is 5.63. The molecule has 0 atom stereocenters. The number of benzene rings is 1. The van der Waals surface area contributed by atoms with Crippen LogP contribution in [0.1, 0.15) is 12.7 Å². The van der Waals surface area contributed by atoms with Gasteiger partial charge in [-0.1, -0.05) is 19.1 Å². The molecule has 2 N–H and O–H groups in total. The summed E-state index contributed by atoms with van der Waals surface area (Å²) in [4.78, 5) is 8.78. The second-order valence-electron chi connectivity index (χ2n) is 3.60. The van der Waals surface area contributed by atoms with Crippen molar-refractivity contribution in [2.45, 2.75) is 13.3 Å². The quantitative estimate of drug-likeness (QED) is 0.663. The zero-order valence-corrected chi connectivity index (χ0v) is 8.88. The summed E-state index contributed by atoms with van der Waals surface area (Å²) < 4.78 is 1.72. The largest absolute Gasteiger partial charge is 0.366 e. The maximum Gasteiger partial charge on any atom is 0.240 e. The molecule has 3 aromatic rings. The predicted molar refractivity (Wildman–Crippen MR) is 62.1 cm³/mol. The third-order valence-corrected chi connectivity index (χ3v) is 2.58. The van der Waals surface area contributed by atoms with Crippen LogP contribution in [-0.4, -0.2) is 19.6 Å². The lowest BCUT2D eigenvalue weighted by atomic mass is 10.2. The van der Waals surface area contributed by atoms with E-state index >= 15 is 0 Å². The highest BCUT2D eigenvalue weighted by atomic mass is 15.3. The van der Waals surface area contributed by atoms with Crippen LogP contribution in [0.15, 0.2) is 24.3 Å². The van der Waals surface area contributed by atoms with Gasteiger partial charge < -0.3 is 5.73 Å². The molecule has 2 aromatic heterocycles. The molecule has 16 heavy (non-hydrogen) atoms. The van der Waals surface area contributed by atoms with E-state index in [2.05, 4.69) is 15.1 Å². The lowest BCUT2D eigenvalue weighted by Gasteiger charge is -2.03. The van der Waals surface area contributed by atoms with Gasteiger partial charge in [0.15, 0.2) is 5.65 Å². The first-order chi connectivity index (χ1) is 7.79. The molecule has 0 unspecified atom stereocenters. The SMILES string of the molecule is CCc1nc2ccccc2c2nc(N)nn12. The normalized spacial score (nSPS) is 11.3. The molecule has 5 heteroatoms. The molecule has 0 aliphatic rings. The van der Waals surface area contributed by atoms with Gasteiger partial charge in [0.25, 0.3) is 0 Å². The second-order valence-corrected chi connectivity index (χ2v) is 3.60. The minimum absolute atomic E-state index is 0.285. The Kier molecular flexibility index (Phi) is 1.80. The standard InChI is InChI=1S/C11H11N5/c1-2-9-13-8-6-4-3-5-7(8)10-14-11(12)15-16(9)10/h3-6H,2H2,1H3,(H2,12,15). The van der Waals surface area contributed by atoms with E-state index in [0.717, 1.165) is 28.8 Å². The van der Waals surface area contributed by atoms with Crippen molar-refractivity contribution >= 4 is 22.5 Å². The van der Waals surface area contributed by atoms with E-state index in [-0.39, 0.29) is 5.95 Å². The second kappa shape index (κ2) is 3.16. The zero-order chi connectivity index (χ0) is 11.1. The molecule has 0 amide bonds. The average Bonchev–Trinajstić information content (AvgIpc) is 2.69. The predicted octanol–water partition coefficient (Wildman–Crippen LogP) is 1.42. The Bertz CT molecular complexity index is 670. The Hall–Kier alpha value is -2.17. The number of aromatic nitrogens is 4. The van der Waals surface area contributed by atoms with Crippen molar-refractivity contribution in [2.24, 2.45) is 0 Å². The smallest absolute Gasteiger partial charge is 0.240 e. The van der Waals surface area contributed by atoms with Crippen LogP contribution in [0.25, 0.3) is 16.6 Å². The Labute approximate surface area is 91.9 Å². The van der Waals surface area contributed by atoms with Crippen molar-refractivity contribution in [3.8, 4) is 0 Å². The third-order valence-electron chi connectivity index (χ3n) is 2.58. The third kappa shape index (κ3) is 1.14. The van der Waals surface area contributed by atoms with Crippen LogP contribution in [0, 0.1) is 0 Å². The number of fused-ring (bicyclic) bond motifs is 3. The molecular weight excluding hydrogens is 202 g/mol. The molecule has 0 aliphatic carbocycles. The highest BCUT2D eigenvalue weighted by Gasteiger charge is 2.09. The lowest BCUT2D eigenvalue weighted by Crippen LogP contribution is -2.02. The Morgan fingerprint density at radius 3 is 2.88 bits per heavy atom. The van der Waals surface area contributed by atoms with E-state index in [1.54, 1.807) is 4.52 Å². The molecule has 2 heterocycles. The van der Waals surface area contributed by atoms with E-state index in [1.165, 1.54) is 0 Å². The first kappa shape index (κ1) is 9.08. The molecule has 5 nitrogen and oxygen atoms in total. The number of aryl methyl sites for hydroxylation is 1. The molecule has 0 radical (unpaired) electrons. The average molecular weight is 213 g/mol. The molecule has 0 saturated heterocycles. The van der Waals surface area contributed by atoms with Crippen LogP contribution in [-0.2, 0) is 6.42 Å². The number of hydrogen-bond acceptors (Lipinski definition) is 4. The van der Waals surface area contributed by atoms with Crippen molar-refractivity contribution in [3.63, 3.8) is 0 Å². The maximum absolute atomic E-state index is 5.63. The molecule has 0 fully saturated rings. The van der Waals surface area contributed by atoms with E-state index in [4.69, 9.17) is 5.73 Å². The molecule has 1 aromatic carbocycles. The van der Waals surface area contributed by atoms with Crippen LogP contribution in [0.4, 0.5) is 5.95 Å². The molecule has 0 aliphatic heterocycles. The Morgan fingerprint density at radius 1 is 1.25 bits per heavy atom. The first-order valence-electron chi connectivity index (χ1n) is 5.19. The van der Waals surface area contributed by atoms with Crippen LogP contribution in [0.5, 0.6) is 0 Å². The van der Waals surface area contributed by atoms with Gasteiger partial charge in [0.1, 0.15) is 5.82 Å². The minimum atomic E-state index is 0.285. The van der Waals surface area contributed by atoms with Crippen molar-refractivity contribution in [1.82, 2.24) is 19.6 Å². The van der Waals surface area contributed by atoms with Gasteiger partial charge in [-0.3, -0.25) is 0 Å². The summed E-state index contributed by atoms with van der Waals surface area (Å²) in [6, 6.07) is 7.87. The fraction of sp³-hybridized carbons (Fsp3) is 0.182. The van der Waals surface area contributed by atoms with E-state index in [1.807, 2.05) is 31.2 Å². The number of nitrogens with zero attached hydrogens (tertiary/aromatic N) is 4. The van der Waals surface area contributed by atoms with Gasteiger partial charge in [0.2, 0.25) is 5.95 Å². The van der Waals surface area contributed by atoms with Gasteiger partial charge in [0.05, 0.1) is 5.52 Å². The monoisotopic (exact) mass is 213 g/mol. The number of para-hydroxylation sites is 1. The van der Waals surface area contributed by atoms with E-state index in [9.17, 15) is 0 Å². The van der Waals surface area contributed by atoms with Crippen LogP contribution >= 0.6 is 0 Å². The summed E-state index contributed by atoms with van der Waals surface area (Å²) in [6.45, 7) is 2.04. The van der Waals surface area contributed by atoms with Gasteiger partial charge in [0, 0.05) is 11.8 Å². The molecule has 80 valence electrons. The van der Waals surface area contributed by atoms with Gasteiger partial charge in [-0.2, -0.15) is 9.50 Å². The van der Waals surface area contributed by atoms with Gasteiger partial charge in [-0.05, 0) is 12.1 Å². The fourth-order valence-corrected chi connectivity index (χ4v) is 1.86. The van der Waals surface area contributed by atoms with Crippen molar-refractivity contribution < 1.29 is 0 Å². The summed E-state index contributed by atoms with van der Waals surface area (Å²) in [7, 11) is 0. The molecule has 0 bridgehead atoms. The molecular formula is C11H11N5. The zero-order valence-electron chi connectivity index (χ0n) is 8.88. The molecule has 0 spiro atoms. The van der Waals surface area contributed by atoms with Gasteiger partial charge in [-0.15, -0.1) is 5.10 Å². The summed E-state index contributed by atoms with van der Waals surface area (Å²) in [6.07, 6.45) is 0.796. The summed E-state index contributed by atoms with van der Waals surface area (Å²) >= 11 is 0. The summed E-state index contributed by atoms with van der Waals surface area (Å²) in [5.41, 5.74) is 7.34. The number of anilines is 1. The molecule has 3 rings (SSSR count). The molecule has 0 saturated carbocycles. The van der Waals surface area contributed by atoms with Crippen molar-refractivity contribution in [3.05, 3.63) is 30.1 Å². The van der Waals surface area contributed by atoms with E-state index in [0.29, 0.717) is 0 Å². The van der Waals surface area contributed by atoms with Crippen LogP contribution in [0.2, 0.25) is 0 Å². The fourth-order valence-electron chi connectivity index (χ4n) is 1.86. The minimum Gasteiger partial charge on any atom is -0.366 e. The highest BCUT2D eigenvalue weighted by Crippen LogP contribution is 2.18. The van der Waals surface area contributed by atoms with Gasteiger partial charge in [-0.25, -0.2) is 4.98 Å². The Morgan fingerprint density at radius 2 is 2.06 bits per heavy atom. The number of rotatable bonds is 1. The lowest BCUT2D eigenvalue weighted by molar-refractivity contribution is 0.826. The summed E-state index contributed by atoms with van der Waals surface area (Å²) in [5, 5.41) is 5.13. The summed E-state index contributed by atoms with van der Waals surface area (Å²) in [5.74, 6) is 1.16. The highest BCUT2D eigenvalue weighted by molar-refractivity contribution is 5.91. The first-order valence-corrected chi connectivity index (χ1v) is 5.19. The topological polar surface area (TPSA) is 69.1 Å². The number of hydrogen-bond donors (Lipinski definition) is 1.